The molecule has 1 unspecified atom stereocenters. The van der Waals surface area contributed by atoms with Crippen molar-refractivity contribution in [2.45, 2.75) is 37.8 Å². The number of nitrogens with one attached hydrogen (secondary N) is 1. The molecule has 0 bridgehead atoms. The van der Waals surface area contributed by atoms with Gasteiger partial charge in [-0.05, 0) is 40.4 Å². The van der Waals surface area contributed by atoms with E-state index in [1.807, 2.05) is 12.1 Å². The van der Waals surface area contributed by atoms with Gasteiger partial charge in [0.2, 0.25) is 0 Å². The van der Waals surface area contributed by atoms with E-state index in [4.69, 9.17) is 0 Å². The van der Waals surface area contributed by atoms with Crippen LogP contribution in [0.4, 0.5) is 10.5 Å². The average Bonchev–Trinajstić information content (AvgIpc) is 2.77. The Labute approximate surface area is 120 Å². The highest BCUT2D eigenvalue weighted by molar-refractivity contribution is 9.10. The summed E-state index contributed by atoms with van der Waals surface area (Å²) in [5, 5.41) is 12.9. The molecule has 4 nitrogen and oxygen atoms in total. The number of halogens is 1. The lowest BCUT2D eigenvalue weighted by Crippen LogP contribution is -2.51. The summed E-state index contributed by atoms with van der Waals surface area (Å²) in [4.78, 5) is 13.0. The van der Waals surface area contributed by atoms with E-state index in [2.05, 4.69) is 34.2 Å². The Morgan fingerprint density at radius 1 is 1.58 bits per heavy atom. The van der Waals surface area contributed by atoms with Crippen LogP contribution < -0.4 is 5.32 Å². The molecule has 0 aliphatic carbocycles. The van der Waals surface area contributed by atoms with Crippen molar-refractivity contribution in [2.75, 3.05) is 11.9 Å². The van der Waals surface area contributed by atoms with Crippen LogP contribution in [0.5, 0.6) is 0 Å². The van der Waals surface area contributed by atoms with Crippen LogP contribution in [0, 0.1) is 0 Å². The summed E-state index contributed by atoms with van der Waals surface area (Å²) in [6.07, 6.45) is 0.920. The number of benzene rings is 1. The lowest BCUT2D eigenvalue weighted by atomic mass is 9.81. The molecule has 1 aromatic carbocycles. The number of nitrogens with zero attached hydrogens (tertiary/aromatic N) is 1. The fourth-order valence-electron chi connectivity index (χ4n) is 3.54. The number of piperidine rings is 1. The molecule has 2 N–H and O–H groups in total. The predicted octanol–water partition coefficient (Wildman–Crippen LogP) is 3.49. The molecular formula is C14H17BrN2O2. The van der Waals surface area contributed by atoms with Crippen LogP contribution in [0.25, 0.3) is 0 Å². The van der Waals surface area contributed by atoms with Gasteiger partial charge in [0.1, 0.15) is 0 Å². The van der Waals surface area contributed by atoms with E-state index in [1.165, 1.54) is 5.56 Å². The maximum absolute atomic E-state index is 11.4. The Bertz CT molecular complexity index is 520. The zero-order valence-electron chi connectivity index (χ0n) is 10.8. The van der Waals surface area contributed by atoms with E-state index in [0.29, 0.717) is 12.6 Å². The first-order chi connectivity index (χ1) is 9.13. The van der Waals surface area contributed by atoms with Crippen molar-refractivity contribution in [1.29, 1.82) is 0 Å². The highest BCUT2D eigenvalue weighted by Crippen LogP contribution is 2.46. The van der Waals surface area contributed by atoms with Crippen molar-refractivity contribution >= 4 is 27.7 Å². The Morgan fingerprint density at radius 2 is 2.37 bits per heavy atom. The number of fused-ring (bicyclic) bond motifs is 3. The molecule has 0 aromatic heterocycles. The van der Waals surface area contributed by atoms with Crippen LogP contribution >= 0.6 is 15.9 Å². The third kappa shape index (κ3) is 1.91. The number of hydrogen-bond acceptors (Lipinski definition) is 2. The van der Waals surface area contributed by atoms with E-state index >= 15 is 0 Å². The van der Waals surface area contributed by atoms with Crippen LogP contribution in [0.1, 0.15) is 31.2 Å². The van der Waals surface area contributed by atoms with Crippen molar-refractivity contribution in [3.8, 4) is 0 Å². The molecule has 0 spiro atoms. The number of carbonyl (C=O) groups is 1. The predicted molar refractivity (Wildman–Crippen MR) is 77.7 cm³/mol. The fourth-order valence-corrected chi connectivity index (χ4v) is 4.04. The normalized spacial score (nSPS) is 28.5. The van der Waals surface area contributed by atoms with Crippen molar-refractivity contribution in [3.05, 3.63) is 28.2 Å². The standard InChI is InChI=1S/C14H17BrN2O2/c1-2-11-12-8-4-3-5-9(15)13(8)16-10(12)6-7-17(11)14(18)19/h3-5,10-12,16H,2,6-7H2,1H3,(H,18,19)/t10-,11?,12+/m0/s1. The summed E-state index contributed by atoms with van der Waals surface area (Å²) < 4.78 is 1.07. The number of likely N-dealkylation sites (tertiary alicyclic amines) is 1. The number of rotatable bonds is 1. The zero-order chi connectivity index (χ0) is 13.6. The van der Waals surface area contributed by atoms with E-state index in [-0.39, 0.29) is 12.0 Å². The minimum Gasteiger partial charge on any atom is -0.465 e. The van der Waals surface area contributed by atoms with Gasteiger partial charge < -0.3 is 15.3 Å². The molecule has 1 amide bonds. The highest BCUT2D eigenvalue weighted by Gasteiger charge is 2.44. The molecule has 102 valence electrons. The quantitative estimate of drug-likeness (QED) is 0.831. The second kappa shape index (κ2) is 4.71. The lowest BCUT2D eigenvalue weighted by Gasteiger charge is -2.41. The van der Waals surface area contributed by atoms with Gasteiger partial charge in [-0.3, -0.25) is 0 Å². The van der Waals surface area contributed by atoms with Gasteiger partial charge in [0.15, 0.2) is 0 Å². The minimum absolute atomic E-state index is 0.0688. The Kier molecular flexibility index (Phi) is 3.17. The lowest BCUT2D eigenvalue weighted by molar-refractivity contribution is 0.0930. The first kappa shape index (κ1) is 12.8. The van der Waals surface area contributed by atoms with Crippen LogP contribution in [0.3, 0.4) is 0 Å². The van der Waals surface area contributed by atoms with Crippen LogP contribution in [-0.4, -0.2) is 34.7 Å². The Morgan fingerprint density at radius 3 is 3.05 bits per heavy atom. The van der Waals surface area contributed by atoms with Gasteiger partial charge in [-0.25, -0.2) is 4.79 Å². The summed E-state index contributed by atoms with van der Waals surface area (Å²) in [6, 6.07) is 6.60. The van der Waals surface area contributed by atoms with Crippen LogP contribution in [0.2, 0.25) is 0 Å². The number of para-hydroxylation sites is 1. The smallest absolute Gasteiger partial charge is 0.407 e. The molecule has 2 aliphatic heterocycles. The monoisotopic (exact) mass is 324 g/mol. The molecule has 2 aliphatic rings. The summed E-state index contributed by atoms with van der Waals surface area (Å²) in [6.45, 7) is 2.69. The third-order valence-electron chi connectivity index (χ3n) is 4.33. The molecule has 1 aromatic rings. The van der Waals surface area contributed by atoms with Crippen molar-refractivity contribution in [3.63, 3.8) is 0 Å². The number of hydrogen-bond donors (Lipinski definition) is 2. The first-order valence-corrected chi connectivity index (χ1v) is 7.47. The second-order valence-electron chi connectivity index (χ2n) is 5.22. The molecule has 0 saturated carbocycles. The maximum Gasteiger partial charge on any atom is 0.407 e. The van der Waals surface area contributed by atoms with Gasteiger partial charge in [-0.1, -0.05) is 19.1 Å². The van der Waals surface area contributed by atoms with Crippen molar-refractivity contribution in [1.82, 2.24) is 4.90 Å². The molecule has 3 rings (SSSR count). The number of anilines is 1. The Balaban J connectivity index is 2.02. The minimum atomic E-state index is -0.797. The van der Waals surface area contributed by atoms with E-state index in [1.54, 1.807) is 4.90 Å². The van der Waals surface area contributed by atoms with E-state index in [0.717, 1.165) is 23.0 Å². The van der Waals surface area contributed by atoms with Crippen molar-refractivity contribution < 1.29 is 9.90 Å². The van der Waals surface area contributed by atoms with E-state index in [9.17, 15) is 9.90 Å². The molecule has 5 heteroatoms. The second-order valence-corrected chi connectivity index (χ2v) is 6.08. The van der Waals surface area contributed by atoms with Gasteiger partial charge in [0.05, 0.1) is 5.69 Å². The zero-order valence-corrected chi connectivity index (χ0v) is 12.4. The molecule has 0 radical (unpaired) electrons. The maximum atomic E-state index is 11.4. The molecule has 1 saturated heterocycles. The summed E-state index contributed by atoms with van der Waals surface area (Å²) >= 11 is 3.57. The molecule has 1 fully saturated rings. The summed E-state index contributed by atoms with van der Waals surface area (Å²) in [7, 11) is 0. The number of amides is 1. The largest absolute Gasteiger partial charge is 0.465 e. The van der Waals surface area contributed by atoms with E-state index < -0.39 is 6.09 Å². The summed E-state index contributed by atoms with van der Waals surface area (Å²) in [5.74, 6) is 0.266. The molecule has 3 atom stereocenters. The van der Waals surface area contributed by atoms with Gasteiger partial charge in [0, 0.05) is 29.0 Å². The third-order valence-corrected chi connectivity index (χ3v) is 4.99. The van der Waals surface area contributed by atoms with Crippen LogP contribution in [0.15, 0.2) is 22.7 Å². The highest BCUT2D eigenvalue weighted by atomic mass is 79.9. The topological polar surface area (TPSA) is 52.6 Å². The molecule has 19 heavy (non-hydrogen) atoms. The van der Waals surface area contributed by atoms with Gasteiger partial charge in [-0.2, -0.15) is 0 Å². The van der Waals surface area contributed by atoms with Crippen molar-refractivity contribution in [2.24, 2.45) is 0 Å². The average molecular weight is 325 g/mol. The fraction of sp³-hybridized carbons (Fsp3) is 0.500. The molecular weight excluding hydrogens is 308 g/mol. The van der Waals surface area contributed by atoms with Gasteiger partial charge in [-0.15, -0.1) is 0 Å². The first-order valence-electron chi connectivity index (χ1n) is 6.68. The Hall–Kier alpha value is -1.23. The van der Waals surface area contributed by atoms with Gasteiger partial charge >= 0.3 is 6.09 Å². The summed E-state index contributed by atoms with van der Waals surface area (Å²) in [5.41, 5.74) is 2.39. The molecule has 2 heterocycles. The van der Waals surface area contributed by atoms with Crippen LogP contribution in [-0.2, 0) is 0 Å². The SMILES string of the molecule is CCC1[C@@H]2c3cccc(Br)c3N[C@H]2CCN1C(=O)O. The number of carboxylic acid groups (broad SMARTS) is 1. The van der Waals surface area contributed by atoms with Gasteiger partial charge in [0.25, 0.3) is 0 Å².